The van der Waals surface area contributed by atoms with E-state index < -0.39 is 26.0 Å². The number of rotatable bonds is 7. The quantitative estimate of drug-likeness (QED) is 0.477. The standard InChI is InChI=1S/C23H28N4O6S3/c1-16-5-3-4-12-27(16)36(31,32)18-8-6-17(7-9-18)22(28)25-23-26(13-14-33-2)20-11-10-19(35(24,29)30)15-21(20)34-23/h6-11,15-16H,3-5,12-14H2,1-2H3,(H2,24,29,30). The monoisotopic (exact) mass is 552 g/mol. The number of sulfonamides is 2. The molecule has 0 spiro atoms. The van der Waals surface area contributed by atoms with Gasteiger partial charge >= 0.3 is 0 Å². The van der Waals surface area contributed by atoms with E-state index in [0.29, 0.717) is 34.7 Å². The molecule has 0 saturated carbocycles. The third-order valence-electron chi connectivity index (χ3n) is 6.15. The van der Waals surface area contributed by atoms with Gasteiger partial charge in [0.05, 0.1) is 26.6 Å². The topological polar surface area (TPSA) is 141 Å². The first-order valence-electron chi connectivity index (χ1n) is 11.4. The van der Waals surface area contributed by atoms with Crippen LogP contribution in [0.2, 0.25) is 0 Å². The van der Waals surface area contributed by atoms with Gasteiger partial charge in [0, 0.05) is 31.8 Å². The van der Waals surface area contributed by atoms with E-state index >= 15 is 0 Å². The van der Waals surface area contributed by atoms with Crippen molar-refractivity contribution in [1.29, 1.82) is 0 Å². The molecule has 2 heterocycles. The molecule has 1 aromatic heterocycles. The molecule has 2 aromatic carbocycles. The first kappa shape index (κ1) is 26.6. The number of ether oxygens (including phenoxy) is 1. The average Bonchev–Trinajstić information content (AvgIpc) is 3.18. The third kappa shape index (κ3) is 5.45. The Morgan fingerprint density at radius 2 is 1.81 bits per heavy atom. The smallest absolute Gasteiger partial charge is 0.279 e. The lowest BCUT2D eigenvalue weighted by Gasteiger charge is -2.32. The van der Waals surface area contributed by atoms with Crippen molar-refractivity contribution < 1.29 is 26.4 Å². The number of hydrogen-bond donors (Lipinski definition) is 1. The van der Waals surface area contributed by atoms with Crippen molar-refractivity contribution >= 4 is 47.5 Å². The van der Waals surface area contributed by atoms with Crippen LogP contribution < -0.4 is 9.94 Å². The first-order valence-corrected chi connectivity index (χ1v) is 15.2. The summed E-state index contributed by atoms with van der Waals surface area (Å²) in [6, 6.07) is 10.2. The molecule has 36 heavy (non-hydrogen) atoms. The minimum atomic E-state index is -3.89. The van der Waals surface area contributed by atoms with Gasteiger partial charge in [-0.1, -0.05) is 17.8 Å². The Morgan fingerprint density at radius 3 is 2.44 bits per heavy atom. The summed E-state index contributed by atoms with van der Waals surface area (Å²) >= 11 is 1.15. The second kappa shape index (κ2) is 10.5. The van der Waals surface area contributed by atoms with Crippen molar-refractivity contribution in [2.24, 2.45) is 10.1 Å². The van der Waals surface area contributed by atoms with Gasteiger partial charge in [0.1, 0.15) is 0 Å². The highest BCUT2D eigenvalue weighted by Crippen LogP contribution is 2.25. The number of hydrogen-bond acceptors (Lipinski definition) is 7. The van der Waals surface area contributed by atoms with Gasteiger partial charge in [-0.15, -0.1) is 0 Å². The summed E-state index contributed by atoms with van der Waals surface area (Å²) in [5.41, 5.74) is 0.926. The van der Waals surface area contributed by atoms with E-state index in [4.69, 9.17) is 9.88 Å². The molecule has 4 rings (SSSR count). The van der Waals surface area contributed by atoms with Gasteiger partial charge in [0.2, 0.25) is 20.0 Å². The van der Waals surface area contributed by atoms with Gasteiger partial charge in [-0.2, -0.15) is 9.30 Å². The van der Waals surface area contributed by atoms with Crippen LogP contribution in [0, 0.1) is 0 Å². The van der Waals surface area contributed by atoms with Gasteiger partial charge in [-0.05, 0) is 62.2 Å². The van der Waals surface area contributed by atoms with Crippen LogP contribution in [-0.2, 0) is 31.3 Å². The Morgan fingerprint density at radius 1 is 1.11 bits per heavy atom. The van der Waals surface area contributed by atoms with E-state index in [2.05, 4.69) is 4.99 Å². The Hall–Kier alpha value is -2.42. The van der Waals surface area contributed by atoms with Crippen molar-refractivity contribution in [1.82, 2.24) is 8.87 Å². The number of methoxy groups -OCH3 is 1. The highest BCUT2D eigenvalue weighted by molar-refractivity contribution is 7.89. The van der Waals surface area contributed by atoms with E-state index in [-0.39, 0.29) is 21.4 Å². The number of nitrogens with zero attached hydrogens (tertiary/aromatic N) is 3. The lowest BCUT2D eigenvalue weighted by molar-refractivity contribution is 0.0997. The lowest BCUT2D eigenvalue weighted by Crippen LogP contribution is -2.41. The number of nitrogens with two attached hydrogens (primary N) is 1. The van der Waals surface area contributed by atoms with Crippen molar-refractivity contribution in [3.05, 3.63) is 52.8 Å². The van der Waals surface area contributed by atoms with Crippen LogP contribution in [-0.4, -0.2) is 57.9 Å². The Balaban J connectivity index is 1.68. The summed E-state index contributed by atoms with van der Waals surface area (Å²) in [5.74, 6) is -0.547. The van der Waals surface area contributed by atoms with Gasteiger partial charge < -0.3 is 9.30 Å². The van der Waals surface area contributed by atoms with Crippen molar-refractivity contribution in [3.63, 3.8) is 0 Å². The van der Waals surface area contributed by atoms with Crippen LogP contribution in [0.5, 0.6) is 0 Å². The zero-order chi connectivity index (χ0) is 26.1. The van der Waals surface area contributed by atoms with Crippen molar-refractivity contribution in [2.45, 2.75) is 48.6 Å². The molecule has 1 amide bonds. The van der Waals surface area contributed by atoms with Gasteiger partial charge in [0.25, 0.3) is 5.91 Å². The number of benzene rings is 2. The number of thiazole rings is 1. The van der Waals surface area contributed by atoms with Crippen LogP contribution in [0.4, 0.5) is 0 Å². The number of amides is 1. The van der Waals surface area contributed by atoms with Crippen molar-refractivity contribution in [3.8, 4) is 0 Å². The lowest BCUT2D eigenvalue weighted by atomic mass is 10.1. The summed E-state index contributed by atoms with van der Waals surface area (Å²) in [7, 11) is -5.98. The SMILES string of the molecule is COCCn1c(=NC(=O)c2ccc(S(=O)(=O)N3CCCCC3C)cc2)sc2cc(S(N)(=O)=O)ccc21. The first-order chi connectivity index (χ1) is 17.0. The maximum absolute atomic E-state index is 13.1. The summed E-state index contributed by atoms with van der Waals surface area (Å²) < 4.78 is 58.7. The van der Waals surface area contributed by atoms with E-state index in [1.54, 1.807) is 17.7 Å². The van der Waals surface area contributed by atoms with Crippen LogP contribution in [0.15, 0.2) is 57.2 Å². The molecular formula is C23H28N4O6S3. The molecule has 1 unspecified atom stereocenters. The molecule has 13 heteroatoms. The fourth-order valence-electron chi connectivity index (χ4n) is 4.20. The Kier molecular flexibility index (Phi) is 7.78. The normalized spacial score (nSPS) is 18.1. The second-order valence-electron chi connectivity index (χ2n) is 8.61. The van der Waals surface area contributed by atoms with Crippen molar-refractivity contribution in [2.75, 3.05) is 20.3 Å². The minimum absolute atomic E-state index is 0.0344. The molecule has 2 N–H and O–H groups in total. The maximum Gasteiger partial charge on any atom is 0.279 e. The summed E-state index contributed by atoms with van der Waals surface area (Å²) in [6.45, 7) is 3.14. The predicted octanol–water partition coefficient (Wildman–Crippen LogP) is 2.30. The molecule has 1 aliphatic heterocycles. The Labute approximate surface area is 214 Å². The summed E-state index contributed by atoms with van der Waals surface area (Å²) in [5, 5.41) is 5.25. The maximum atomic E-state index is 13.1. The largest absolute Gasteiger partial charge is 0.383 e. The van der Waals surface area contributed by atoms with Gasteiger partial charge in [0.15, 0.2) is 4.80 Å². The van der Waals surface area contributed by atoms with E-state index in [0.717, 1.165) is 30.6 Å². The summed E-state index contributed by atoms with van der Waals surface area (Å²) in [6.07, 6.45) is 2.66. The minimum Gasteiger partial charge on any atom is -0.383 e. The molecule has 1 saturated heterocycles. The number of primary sulfonamides is 1. The van der Waals surface area contributed by atoms with Crippen LogP contribution in [0.3, 0.4) is 0 Å². The van der Waals surface area contributed by atoms with Gasteiger partial charge in [-0.3, -0.25) is 4.79 Å². The molecule has 0 bridgehead atoms. The van der Waals surface area contributed by atoms with E-state index in [9.17, 15) is 21.6 Å². The molecular weight excluding hydrogens is 524 g/mol. The fourth-order valence-corrected chi connectivity index (χ4v) is 7.61. The Bertz CT molecular complexity index is 1560. The molecule has 0 radical (unpaired) electrons. The van der Waals surface area contributed by atoms with Crippen LogP contribution >= 0.6 is 11.3 Å². The van der Waals surface area contributed by atoms with E-state index in [1.165, 1.54) is 40.7 Å². The number of piperidine rings is 1. The highest BCUT2D eigenvalue weighted by atomic mass is 32.2. The number of carbonyl (C=O) groups is 1. The highest BCUT2D eigenvalue weighted by Gasteiger charge is 2.31. The van der Waals surface area contributed by atoms with Crippen LogP contribution in [0.1, 0.15) is 36.5 Å². The molecule has 1 atom stereocenters. The molecule has 194 valence electrons. The molecule has 0 aliphatic carbocycles. The van der Waals surface area contributed by atoms with Gasteiger partial charge in [-0.25, -0.2) is 22.0 Å². The summed E-state index contributed by atoms with van der Waals surface area (Å²) in [4.78, 5) is 17.7. The third-order valence-corrected chi connectivity index (χ3v) is 10.1. The van der Waals surface area contributed by atoms with Crippen LogP contribution in [0.25, 0.3) is 10.2 Å². The molecule has 1 fully saturated rings. The molecule has 10 nitrogen and oxygen atoms in total. The fraction of sp³-hybridized carbons (Fsp3) is 0.391. The zero-order valence-corrected chi connectivity index (χ0v) is 22.4. The predicted molar refractivity (Wildman–Crippen MR) is 137 cm³/mol. The van der Waals surface area contributed by atoms with E-state index in [1.807, 2.05) is 6.92 Å². The number of fused-ring (bicyclic) bond motifs is 1. The molecule has 1 aliphatic rings. The second-order valence-corrected chi connectivity index (χ2v) is 13.1. The zero-order valence-electron chi connectivity index (χ0n) is 20.0. The number of aromatic nitrogens is 1. The number of carbonyl (C=O) groups excluding carboxylic acids is 1. The average molecular weight is 553 g/mol. The molecule has 3 aromatic rings.